The molecule has 3 aromatic rings. The highest BCUT2D eigenvalue weighted by Crippen LogP contribution is 2.28. The summed E-state index contributed by atoms with van der Waals surface area (Å²) >= 11 is 1.36. The van der Waals surface area contributed by atoms with Crippen LogP contribution in [-0.2, 0) is 11.2 Å². The molecule has 1 heterocycles. The third kappa shape index (κ3) is 5.88. The number of aromatic nitrogens is 3. The number of rotatable bonds is 9. The summed E-state index contributed by atoms with van der Waals surface area (Å²) < 4.78 is 5.26. The van der Waals surface area contributed by atoms with Gasteiger partial charge in [-0.1, -0.05) is 79.9 Å². The van der Waals surface area contributed by atoms with Crippen LogP contribution in [0.5, 0.6) is 5.75 Å². The Balaban J connectivity index is 1.37. The SMILES string of the molecule is COc1ccc(C(NC(=O)CSc2n[nH]c(CC3CCCC3)n2)c2ccccc2)cc1. The molecular weight excluding hydrogens is 408 g/mol. The monoisotopic (exact) mass is 436 g/mol. The summed E-state index contributed by atoms with van der Waals surface area (Å²) in [6.07, 6.45) is 6.14. The Kier molecular flexibility index (Phi) is 7.25. The lowest BCUT2D eigenvalue weighted by Crippen LogP contribution is -2.30. The highest BCUT2D eigenvalue weighted by molar-refractivity contribution is 7.99. The molecule has 0 bridgehead atoms. The Labute approximate surface area is 187 Å². The predicted molar refractivity (Wildman–Crippen MR) is 122 cm³/mol. The summed E-state index contributed by atoms with van der Waals surface area (Å²) in [6.45, 7) is 0. The summed E-state index contributed by atoms with van der Waals surface area (Å²) in [4.78, 5) is 17.3. The number of aromatic amines is 1. The molecule has 1 saturated carbocycles. The maximum Gasteiger partial charge on any atom is 0.231 e. The van der Waals surface area contributed by atoms with Crippen LogP contribution in [0.4, 0.5) is 0 Å². The molecule has 0 radical (unpaired) electrons. The molecule has 7 heteroatoms. The first-order valence-corrected chi connectivity index (χ1v) is 11.7. The van der Waals surface area contributed by atoms with Crippen LogP contribution in [0.1, 0.15) is 48.7 Å². The smallest absolute Gasteiger partial charge is 0.231 e. The van der Waals surface area contributed by atoms with Crippen molar-refractivity contribution >= 4 is 17.7 Å². The minimum absolute atomic E-state index is 0.0585. The Morgan fingerprint density at radius 1 is 1.13 bits per heavy atom. The number of benzene rings is 2. The van der Waals surface area contributed by atoms with Crippen LogP contribution in [-0.4, -0.2) is 34.0 Å². The summed E-state index contributed by atoms with van der Waals surface area (Å²) in [5.74, 6) is 2.63. The number of nitrogens with one attached hydrogen (secondary N) is 2. The molecule has 4 rings (SSSR count). The van der Waals surface area contributed by atoms with E-state index < -0.39 is 0 Å². The summed E-state index contributed by atoms with van der Waals surface area (Å²) in [5.41, 5.74) is 2.03. The molecule has 162 valence electrons. The van der Waals surface area contributed by atoms with Crippen LogP contribution in [0, 0.1) is 5.92 Å². The van der Waals surface area contributed by atoms with Crippen molar-refractivity contribution in [3.63, 3.8) is 0 Å². The fourth-order valence-corrected chi connectivity index (χ4v) is 4.68. The molecule has 1 aliphatic rings. The highest BCUT2D eigenvalue weighted by atomic mass is 32.2. The summed E-state index contributed by atoms with van der Waals surface area (Å²) in [7, 11) is 1.64. The van der Waals surface area contributed by atoms with E-state index in [1.54, 1.807) is 7.11 Å². The lowest BCUT2D eigenvalue weighted by atomic mass is 9.98. The number of methoxy groups -OCH3 is 1. The van der Waals surface area contributed by atoms with Gasteiger partial charge in [-0.15, -0.1) is 5.10 Å². The quantitative estimate of drug-likeness (QED) is 0.481. The predicted octanol–water partition coefficient (Wildman–Crippen LogP) is 4.54. The lowest BCUT2D eigenvalue weighted by Gasteiger charge is -2.20. The van der Waals surface area contributed by atoms with Crippen molar-refractivity contribution in [2.75, 3.05) is 12.9 Å². The third-order valence-corrected chi connectivity index (χ3v) is 6.54. The van der Waals surface area contributed by atoms with E-state index in [1.807, 2.05) is 54.6 Å². The first kappa shape index (κ1) is 21.4. The molecule has 1 atom stereocenters. The first-order chi connectivity index (χ1) is 15.2. The molecule has 0 aliphatic heterocycles. The largest absolute Gasteiger partial charge is 0.497 e. The highest BCUT2D eigenvalue weighted by Gasteiger charge is 2.19. The topological polar surface area (TPSA) is 79.9 Å². The summed E-state index contributed by atoms with van der Waals surface area (Å²) in [6, 6.07) is 17.5. The van der Waals surface area contributed by atoms with Gasteiger partial charge in [0.05, 0.1) is 18.9 Å². The van der Waals surface area contributed by atoms with Crippen molar-refractivity contribution < 1.29 is 9.53 Å². The van der Waals surface area contributed by atoms with E-state index in [4.69, 9.17) is 4.74 Å². The molecule has 6 nitrogen and oxygen atoms in total. The number of carbonyl (C=O) groups excluding carboxylic acids is 1. The van der Waals surface area contributed by atoms with Gasteiger partial charge in [0, 0.05) is 6.42 Å². The second kappa shape index (κ2) is 10.5. The molecule has 1 fully saturated rings. The van der Waals surface area contributed by atoms with Crippen LogP contribution >= 0.6 is 11.8 Å². The van der Waals surface area contributed by atoms with Crippen LogP contribution in [0.25, 0.3) is 0 Å². The van der Waals surface area contributed by atoms with E-state index in [0.29, 0.717) is 11.1 Å². The van der Waals surface area contributed by atoms with Gasteiger partial charge in [0.25, 0.3) is 0 Å². The van der Waals surface area contributed by atoms with E-state index in [-0.39, 0.29) is 17.7 Å². The number of carbonyl (C=O) groups is 1. The molecule has 0 spiro atoms. The molecule has 1 unspecified atom stereocenters. The molecule has 31 heavy (non-hydrogen) atoms. The zero-order valence-corrected chi connectivity index (χ0v) is 18.5. The van der Waals surface area contributed by atoms with Gasteiger partial charge in [-0.05, 0) is 29.2 Å². The Bertz CT molecular complexity index is 969. The molecular formula is C24H28N4O2S. The normalized spacial score (nSPS) is 15.0. The Hall–Kier alpha value is -2.80. The van der Waals surface area contributed by atoms with Crippen molar-refractivity contribution in [2.24, 2.45) is 5.92 Å². The fraction of sp³-hybridized carbons (Fsp3) is 0.375. The number of ether oxygens (including phenoxy) is 1. The zero-order chi connectivity index (χ0) is 21.5. The Morgan fingerprint density at radius 2 is 1.84 bits per heavy atom. The van der Waals surface area contributed by atoms with E-state index in [1.165, 1.54) is 37.4 Å². The van der Waals surface area contributed by atoms with Crippen LogP contribution in [0.3, 0.4) is 0 Å². The molecule has 1 amide bonds. The number of hydrogen-bond donors (Lipinski definition) is 2. The van der Waals surface area contributed by atoms with E-state index in [9.17, 15) is 4.79 Å². The number of thioether (sulfide) groups is 1. The van der Waals surface area contributed by atoms with Crippen molar-refractivity contribution in [3.8, 4) is 5.75 Å². The minimum Gasteiger partial charge on any atom is -0.497 e. The van der Waals surface area contributed by atoms with Gasteiger partial charge in [0.1, 0.15) is 11.6 Å². The van der Waals surface area contributed by atoms with Crippen LogP contribution in [0.15, 0.2) is 59.8 Å². The van der Waals surface area contributed by atoms with Gasteiger partial charge in [-0.2, -0.15) is 0 Å². The van der Waals surface area contributed by atoms with Crippen LogP contribution < -0.4 is 10.1 Å². The second-order valence-corrected chi connectivity index (χ2v) is 8.83. The minimum atomic E-state index is -0.231. The van der Waals surface area contributed by atoms with Crippen molar-refractivity contribution in [3.05, 3.63) is 71.5 Å². The molecule has 2 N–H and O–H groups in total. The van der Waals surface area contributed by atoms with E-state index in [0.717, 1.165) is 29.1 Å². The number of amides is 1. The van der Waals surface area contributed by atoms with E-state index >= 15 is 0 Å². The van der Waals surface area contributed by atoms with Crippen molar-refractivity contribution in [1.82, 2.24) is 20.5 Å². The maximum absolute atomic E-state index is 12.8. The van der Waals surface area contributed by atoms with Gasteiger partial charge in [-0.25, -0.2) is 4.98 Å². The number of hydrogen-bond acceptors (Lipinski definition) is 5. The average molecular weight is 437 g/mol. The van der Waals surface area contributed by atoms with Gasteiger partial charge in [-0.3, -0.25) is 9.89 Å². The fourth-order valence-electron chi connectivity index (χ4n) is 4.06. The van der Waals surface area contributed by atoms with Crippen molar-refractivity contribution in [1.29, 1.82) is 0 Å². The summed E-state index contributed by atoms with van der Waals surface area (Å²) in [5, 5.41) is 11.1. The number of nitrogens with zero attached hydrogens (tertiary/aromatic N) is 2. The second-order valence-electron chi connectivity index (χ2n) is 7.89. The third-order valence-electron chi connectivity index (χ3n) is 5.69. The number of H-pyrrole nitrogens is 1. The standard InChI is InChI=1S/C24H28N4O2S/c1-30-20-13-11-19(12-14-20)23(18-9-3-2-4-10-18)26-22(29)16-31-24-25-21(27-28-24)15-17-7-5-6-8-17/h2-4,9-14,17,23H,5-8,15-16H2,1H3,(H,26,29)(H,25,27,28). The van der Waals surface area contributed by atoms with Gasteiger partial charge >= 0.3 is 0 Å². The maximum atomic E-state index is 12.8. The molecule has 1 aliphatic carbocycles. The van der Waals surface area contributed by atoms with Crippen molar-refractivity contribution in [2.45, 2.75) is 43.3 Å². The van der Waals surface area contributed by atoms with Gasteiger partial charge in [0.15, 0.2) is 0 Å². The Morgan fingerprint density at radius 3 is 2.55 bits per heavy atom. The van der Waals surface area contributed by atoms with Gasteiger partial charge in [0.2, 0.25) is 11.1 Å². The average Bonchev–Trinajstić information content (AvgIpc) is 3.49. The van der Waals surface area contributed by atoms with Gasteiger partial charge < -0.3 is 10.1 Å². The molecule has 1 aromatic heterocycles. The lowest BCUT2D eigenvalue weighted by molar-refractivity contribution is -0.119. The first-order valence-electron chi connectivity index (χ1n) is 10.7. The molecule has 0 saturated heterocycles. The van der Waals surface area contributed by atoms with Crippen LogP contribution in [0.2, 0.25) is 0 Å². The zero-order valence-electron chi connectivity index (χ0n) is 17.7. The molecule has 2 aromatic carbocycles. The van der Waals surface area contributed by atoms with E-state index in [2.05, 4.69) is 20.5 Å².